The molecular weight excluding hydrogens is 348 g/mol. The fourth-order valence-electron chi connectivity index (χ4n) is 3.06. The highest BCUT2D eigenvalue weighted by Crippen LogP contribution is 2.15. The summed E-state index contributed by atoms with van der Waals surface area (Å²) in [6.45, 7) is 2.06. The number of imidazole rings is 1. The summed E-state index contributed by atoms with van der Waals surface area (Å²) in [5.41, 5.74) is 2.01. The zero-order valence-electron chi connectivity index (χ0n) is 15.2. The number of rotatable bonds is 3. The van der Waals surface area contributed by atoms with Crippen molar-refractivity contribution in [3.05, 3.63) is 47.8 Å². The maximum Gasteiger partial charge on any atom is 0.319 e. The van der Waals surface area contributed by atoms with Crippen molar-refractivity contribution < 1.29 is 9.59 Å². The third-order valence-electron chi connectivity index (χ3n) is 4.40. The van der Waals surface area contributed by atoms with Crippen LogP contribution in [0.3, 0.4) is 0 Å². The molecule has 10 heteroatoms. The fraction of sp³-hybridized carbons (Fsp3) is 0.353. The Labute approximate surface area is 155 Å². The van der Waals surface area contributed by atoms with Crippen LogP contribution in [-0.4, -0.2) is 66.5 Å². The SMILES string of the molecule is CN(C)C(=O)N1CCn2nc(CNC(=O)c3cn4cccnc4n3)cc2C1. The number of nitrogens with zero attached hydrogens (tertiary/aromatic N) is 7. The third kappa shape index (κ3) is 3.33. The van der Waals surface area contributed by atoms with Crippen LogP contribution in [0.4, 0.5) is 4.79 Å². The van der Waals surface area contributed by atoms with Gasteiger partial charge in [0.05, 0.1) is 31.0 Å². The van der Waals surface area contributed by atoms with Crippen LogP contribution in [0.2, 0.25) is 0 Å². The van der Waals surface area contributed by atoms with Gasteiger partial charge >= 0.3 is 6.03 Å². The molecule has 0 aromatic carbocycles. The summed E-state index contributed by atoms with van der Waals surface area (Å²) >= 11 is 0. The number of carbonyl (C=O) groups excluding carboxylic acids is 2. The van der Waals surface area contributed by atoms with Gasteiger partial charge in [-0.2, -0.15) is 5.10 Å². The lowest BCUT2D eigenvalue weighted by molar-refractivity contribution is 0.0946. The monoisotopic (exact) mass is 368 g/mol. The highest BCUT2D eigenvalue weighted by molar-refractivity contribution is 5.92. The Balaban J connectivity index is 1.41. The molecule has 0 saturated heterocycles. The average Bonchev–Trinajstić information content (AvgIpc) is 3.28. The Bertz CT molecular complexity index is 972. The van der Waals surface area contributed by atoms with Gasteiger partial charge in [0.15, 0.2) is 0 Å². The van der Waals surface area contributed by atoms with Crippen LogP contribution < -0.4 is 5.32 Å². The normalized spacial score (nSPS) is 13.5. The van der Waals surface area contributed by atoms with Crippen LogP contribution in [0.15, 0.2) is 30.7 Å². The minimum atomic E-state index is -0.282. The van der Waals surface area contributed by atoms with Gasteiger partial charge in [-0.05, 0) is 12.1 Å². The molecule has 4 rings (SSSR count). The average molecular weight is 368 g/mol. The first kappa shape index (κ1) is 17.0. The van der Waals surface area contributed by atoms with Gasteiger partial charge in [0, 0.05) is 39.2 Å². The molecule has 4 heterocycles. The third-order valence-corrected chi connectivity index (χ3v) is 4.40. The molecule has 0 bridgehead atoms. The number of urea groups is 1. The van der Waals surface area contributed by atoms with Crippen molar-refractivity contribution in [1.82, 2.24) is 39.3 Å². The Morgan fingerprint density at radius 2 is 2.15 bits per heavy atom. The van der Waals surface area contributed by atoms with Crippen LogP contribution in [0.25, 0.3) is 5.78 Å². The summed E-state index contributed by atoms with van der Waals surface area (Å²) in [5.74, 6) is 0.196. The van der Waals surface area contributed by atoms with Crippen molar-refractivity contribution in [2.24, 2.45) is 0 Å². The van der Waals surface area contributed by atoms with E-state index in [4.69, 9.17) is 0 Å². The van der Waals surface area contributed by atoms with Gasteiger partial charge in [-0.25, -0.2) is 14.8 Å². The van der Waals surface area contributed by atoms with Gasteiger partial charge in [0.25, 0.3) is 5.91 Å². The molecule has 0 radical (unpaired) electrons. The van der Waals surface area contributed by atoms with Crippen molar-refractivity contribution in [3.8, 4) is 0 Å². The summed E-state index contributed by atoms with van der Waals surface area (Å²) in [7, 11) is 3.48. The molecule has 0 aliphatic carbocycles. The second-order valence-electron chi connectivity index (χ2n) is 6.58. The predicted molar refractivity (Wildman–Crippen MR) is 95.9 cm³/mol. The summed E-state index contributed by atoms with van der Waals surface area (Å²) in [5, 5.41) is 7.34. The molecule has 0 fully saturated rings. The van der Waals surface area contributed by atoms with Gasteiger partial charge in [-0.15, -0.1) is 0 Å². The lowest BCUT2D eigenvalue weighted by Crippen LogP contribution is -2.43. The van der Waals surface area contributed by atoms with Crippen molar-refractivity contribution >= 4 is 17.7 Å². The first-order valence-corrected chi connectivity index (χ1v) is 8.61. The number of carbonyl (C=O) groups is 2. The van der Waals surface area contributed by atoms with E-state index in [1.807, 2.05) is 10.7 Å². The smallest absolute Gasteiger partial charge is 0.319 e. The Morgan fingerprint density at radius 1 is 1.30 bits per heavy atom. The lowest BCUT2D eigenvalue weighted by atomic mass is 10.3. The maximum atomic E-state index is 12.3. The van der Waals surface area contributed by atoms with Crippen molar-refractivity contribution in [2.45, 2.75) is 19.6 Å². The molecule has 1 N–H and O–H groups in total. The number of aromatic nitrogens is 5. The number of nitrogens with one attached hydrogen (secondary N) is 1. The second kappa shape index (κ2) is 6.71. The minimum absolute atomic E-state index is 0.0160. The van der Waals surface area contributed by atoms with E-state index in [2.05, 4.69) is 20.4 Å². The maximum absolute atomic E-state index is 12.3. The van der Waals surface area contributed by atoms with E-state index in [1.54, 1.807) is 53.0 Å². The zero-order chi connectivity index (χ0) is 19.0. The van der Waals surface area contributed by atoms with E-state index >= 15 is 0 Å². The van der Waals surface area contributed by atoms with Crippen LogP contribution in [0.1, 0.15) is 21.9 Å². The molecule has 0 spiro atoms. The molecular formula is C17H20N8O2. The molecule has 3 amide bonds. The lowest BCUT2D eigenvalue weighted by Gasteiger charge is -2.29. The van der Waals surface area contributed by atoms with Gasteiger partial charge < -0.3 is 15.1 Å². The van der Waals surface area contributed by atoms with E-state index in [0.717, 1.165) is 11.4 Å². The quantitative estimate of drug-likeness (QED) is 0.719. The van der Waals surface area contributed by atoms with Gasteiger partial charge in [0.1, 0.15) is 5.69 Å². The molecule has 1 aliphatic rings. The standard InChI is InChI=1S/C17H20N8O2/c1-22(2)17(27)24-6-7-25-13(10-24)8-12(21-25)9-19-15(26)14-11-23-5-3-4-18-16(23)20-14/h3-5,8,11H,6-7,9-10H2,1-2H3,(H,19,26). The van der Waals surface area contributed by atoms with Crippen molar-refractivity contribution in [3.63, 3.8) is 0 Å². The van der Waals surface area contributed by atoms with E-state index in [9.17, 15) is 9.59 Å². The number of amides is 3. The van der Waals surface area contributed by atoms with E-state index in [-0.39, 0.29) is 11.9 Å². The second-order valence-corrected chi connectivity index (χ2v) is 6.58. The van der Waals surface area contributed by atoms with Crippen molar-refractivity contribution in [2.75, 3.05) is 20.6 Å². The highest BCUT2D eigenvalue weighted by atomic mass is 16.2. The largest absolute Gasteiger partial charge is 0.345 e. The van der Waals surface area contributed by atoms with E-state index in [1.165, 1.54) is 0 Å². The summed E-state index contributed by atoms with van der Waals surface area (Å²) < 4.78 is 3.58. The van der Waals surface area contributed by atoms with E-state index < -0.39 is 0 Å². The Kier molecular flexibility index (Phi) is 4.22. The van der Waals surface area contributed by atoms with Gasteiger partial charge in [-0.1, -0.05) is 0 Å². The molecule has 10 nitrogen and oxygen atoms in total. The Hall–Kier alpha value is -3.43. The van der Waals surface area contributed by atoms with Crippen molar-refractivity contribution in [1.29, 1.82) is 0 Å². The first-order chi connectivity index (χ1) is 13.0. The predicted octanol–water partition coefficient (Wildman–Crippen LogP) is 0.353. The van der Waals surface area contributed by atoms with Gasteiger partial charge in [0.2, 0.25) is 5.78 Å². The number of hydrogen-bond donors (Lipinski definition) is 1. The zero-order valence-corrected chi connectivity index (χ0v) is 15.2. The Morgan fingerprint density at radius 3 is 2.93 bits per heavy atom. The molecule has 3 aromatic heterocycles. The van der Waals surface area contributed by atoms with E-state index in [0.29, 0.717) is 37.7 Å². The molecule has 0 atom stereocenters. The number of hydrogen-bond acceptors (Lipinski definition) is 5. The van der Waals surface area contributed by atoms with Crippen LogP contribution in [0.5, 0.6) is 0 Å². The molecule has 0 saturated carbocycles. The van der Waals surface area contributed by atoms with Crippen LogP contribution >= 0.6 is 0 Å². The highest BCUT2D eigenvalue weighted by Gasteiger charge is 2.23. The molecule has 27 heavy (non-hydrogen) atoms. The summed E-state index contributed by atoms with van der Waals surface area (Å²) in [6.07, 6.45) is 5.06. The van der Waals surface area contributed by atoms with Crippen LogP contribution in [-0.2, 0) is 19.6 Å². The molecule has 1 aliphatic heterocycles. The summed E-state index contributed by atoms with van der Waals surface area (Å²) in [6, 6.07) is 3.68. The summed E-state index contributed by atoms with van der Waals surface area (Å²) in [4.78, 5) is 36.1. The van der Waals surface area contributed by atoms with Crippen LogP contribution in [0, 0.1) is 0 Å². The first-order valence-electron chi connectivity index (χ1n) is 8.61. The fourth-order valence-corrected chi connectivity index (χ4v) is 3.06. The number of fused-ring (bicyclic) bond motifs is 2. The molecule has 0 unspecified atom stereocenters. The molecule has 140 valence electrons. The van der Waals surface area contributed by atoms with Gasteiger partial charge in [-0.3, -0.25) is 13.9 Å². The molecule has 3 aromatic rings. The topological polar surface area (TPSA) is 101 Å². The minimum Gasteiger partial charge on any atom is -0.345 e.